The van der Waals surface area contributed by atoms with Crippen molar-refractivity contribution in [1.29, 1.82) is 0 Å². The molecule has 0 radical (unpaired) electrons. The third-order valence-corrected chi connectivity index (χ3v) is 0.905. The summed E-state index contributed by atoms with van der Waals surface area (Å²) in [6, 6.07) is 0. The van der Waals surface area contributed by atoms with Gasteiger partial charge in [0.15, 0.2) is 0 Å². The zero-order valence-electron chi connectivity index (χ0n) is 7.10. The lowest BCUT2D eigenvalue weighted by Crippen LogP contribution is -1.90. The predicted molar refractivity (Wildman–Crippen MR) is 40.5 cm³/mol. The maximum atomic E-state index is 6.82. The van der Waals surface area contributed by atoms with Gasteiger partial charge in [0.1, 0.15) is 0 Å². The van der Waals surface area contributed by atoms with Gasteiger partial charge >= 0.3 is 0 Å². The van der Waals surface area contributed by atoms with Crippen LogP contribution in [0.4, 0.5) is 0 Å². The Morgan fingerprint density at radius 1 is 1.56 bits per heavy atom. The summed E-state index contributed by atoms with van der Waals surface area (Å²) in [5.74, 6) is 0. The normalized spacial score (nSPS) is 12.3. The van der Waals surface area contributed by atoms with Gasteiger partial charge in [0.05, 0.1) is 6.61 Å². The Bertz CT molecular complexity index is 81.3. The van der Waals surface area contributed by atoms with Gasteiger partial charge in [-0.2, -0.15) is 0 Å². The molecule has 0 saturated heterocycles. The average Bonchev–Trinajstić information content (AvgIpc) is 1.97. The van der Waals surface area contributed by atoms with E-state index in [1.807, 2.05) is 6.08 Å². The molecule has 9 heavy (non-hydrogen) atoms. The Hall–Kier alpha value is -0.300. The molecule has 1 heteroatoms. The van der Waals surface area contributed by atoms with E-state index >= 15 is 0 Å². The molecular weight excluding hydrogens is 112 g/mol. The van der Waals surface area contributed by atoms with Gasteiger partial charge in [-0.15, -0.1) is 0 Å². The van der Waals surface area contributed by atoms with Crippen LogP contribution in [0.3, 0.4) is 0 Å². The first-order valence-electron chi connectivity index (χ1n) is 4.14. The summed E-state index contributed by atoms with van der Waals surface area (Å²) in [7, 11) is 0. The smallest absolute Gasteiger partial charge is 0.0647 e. The van der Waals surface area contributed by atoms with Crippen LogP contribution >= 0.6 is 0 Å². The van der Waals surface area contributed by atoms with Gasteiger partial charge in [-0.3, -0.25) is 0 Å². The van der Waals surface area contributed by atoms with Crippen LogP contribution in [0.2, 0.25) is 0 Å². The van der Waals surface area contributed by atoms with Crippen molar-refractivity contribution in [2.45, 2.75) is 26.7 Å². The lowest BCUT2D eigenvalue weighted by Gasteiger charge is -1.94. The van der Waals surface area contributed by atoms with E-state index in [-0.39, 0.29) is 0 Å². The summed E-state index contributed by atoms with van der Waals surface area (Å²) in [5.41, 5.74) is 0. The minimum atomic E-state index is 0.470. The van der Waals surface area contributed by atoms with Crippen LogP contribution in [0.5, 0.6) is 0 Å². The zero-order valence-corrected chi connectivity index (χ0v) is 6.10. The van der Waals surface area contributed by atoms with Gasteiger partial charge in [-0.05, 0) is 12.8 Å². The molecule has 0 unspecified atom stereocenters. The van der Waals surface area contributed by atoms with E-state index in [0.717, 1.165) is 19.4 Å². The molecule has 0 aliphatic carbocycles. The van der Waals surface area contributed by atoms with Crippen LogP contribution in [0.25, 0.3) is 0 Å². The van der Waals surface area contributed by atoms with Crippen LogP contribution in [0.15, 0.2) is 12.2 Å². The standard InChI is InChI=1S/C8H16O/c1-3-5-6-8-9-7-4-2/h5-6H,3-4,7-8H2,1-2H3/b6-5-/i2D. The molecule has 0 amide bonds. The van der Waals surface area contributed by atoms with Gasteiger partial charge in [0.25, 0.3) is 0 Å². The number of allylic oxidation sites excluding steroid dienone is 1. The number of ether oxygens (including phenoxy) is 1. The van der Waals surface area contributed by atoms with Crippen LogP contribution in [-0.4, -0.2) is 13.2 Å². The van der Waals surface area contributed by atoms with Gasteiger partial charge in [-0.25, -0.2) is 0 Å². The van der Waals surface area contributed by atoms with Crippen molar-refractivity contribution in [1.82, 2.24) is 0 Å². The summed E-state index contributed by atoms with van der Waals surface area (Å²) in [4.78, 5) is 0. The molecule has 0 aromatic heterocycles. The second-order valence-corrected chi connectivity index (χ2v) is 1.81. The molecule has 0 heterocycles. The van der Waals surface area contributed by atoms with E-state index in [2.05, 4.69) is 13.0 Å². The summed E-state index contributed by atoms with van der Waals surface area (Å²) in [5, 5.41) is 0. The molecule has 1 nitrogen and oxygen atoms in total. The molecule has 0 rings (SSSR count). The Balaban J connectivity index is 2.83. The lowest BCUT2D eigenvalue weighted by molar-refractivity contribution is 0.163. The maximum Gasteiger partial charge on any atom is 0.0647 e. The Labute approximate surface area is 59.1 Å². The zero-order chi connectivity index (χ0) is 7.66. The Morgan fingerprint density at radius 3 is 3.11 bits per heavy atom. The molecule has 0 aromatic rings. The highest BCUT2D eigenvalue weighted by molar-refractivity contribution is 4.79. The van der Waals surface area contributed by atoms with E-state index in [4.69, 9.17) is 6.11 Å². The van der Waals surface area contributed by atoms with E-state index in [1.54, 1.807) is 0 Å². The van der Waals surface area contributed by atoms with Crippen LogP contribution in [0.1, 0.15) is 28.0 Å². The van der Waals surface area contributed by atoms with Crippen LogP contribution in [0, 0.1) is 0 Å². The van der Waals surface area contributed by atoms with E-state index < -0.39 is 0 Å². The minimum Gasteiger partial charge on any atom is -0.377 e. The molecule has 0 atom stereocenters. The molecule has 0 aromatic carbocycles. The molecule has 0 saturated carbocycles. The van der Waals surface area contributed by atoms with Gasteiger partial charge in [0, 0.05) is 7.98 Å². The number of hydrogen-bond acceptors (Lipinski definition) is 1. The fraction of sp³-hybridized carbons (Fsp3) is 0.750. The van der Waals surface area contributed by atoms with Crippen LogP contribution < -0.4 is 0 Å². The molecule has 0 N–H and O–H groups in total. The molecule has 0 fully saturated rings. The van der Waals surface area contributed by atoms with E-state index in [1.165, 1.54) is 0 Å². The quantitative estimate of drug-likeness (QED) is 0.409. The summed E-state index contributed by atoms with van der Waals surface area (Å²) in [6.45, 7) is 3.99. The number of hydrogen-bond donors (Lipinski definition) is 0. The predicted octanol–water partition coefficient (Wildman–Crippen LogP) is 2.38. The molecular formula is C8H16O. The fourth-order valence-corrected chi connectivity index (χ4v) is 0.488. The molecule has 0 bridgehead atoms. The summed E-state index contributed by atoms with van der Waals surface area (Å²) in [6.07, 6.45) is 6.02. The van der Waals surface area contributed by atoms with Crippen molar-refractivity contribution < 1.29 is 6.11 Å². The Morgan fingerprint density at radius 2 is 2.44 bits per heavy atom. The van der Waals surface area contributed by atoms with Crippen molar-refractivity contribution in [2.75, 3.05) is 13.2 Å². The topological polar surface area (TPSA) is 9.23 Å². The Kier molecular flexibility index (Phi) is 5.83. The first kappa shape index (κ1) is 6.81. The highest BCUT2D eigenvalue weighted by Crippen LogP contribution is 1.83. The first-order valence-corrected chi connectivity index (χ1v) is 3.43. The highest BCUT2D eigenvalue weighted by Gasteiger charge is 1.77. The monoisotopic (exact) mass is 129 g/mol. The highest BCUT2D eigenvalue weighted by atomic mass is 16.5. The maximum absolute atomic E-state index is 6.82. The van der Waals surface area contributed by atoms with E-state index in [9.17, 15) is 0 Å². The third-order valence-electron chi connectivity index (χ3n) is 0.905. The second kappa shape index (κ2) is 7.70. The molecule has 54 valence electrons. The van der Waals surface area contributed by atoms with Gasteiger partial charge < -0.3 is 4.74 Å². The lowest BCUT2D eigenvalue weighted by atomic mass is 10.4. The van der Waals surface area contributed by atoms with Crippen molar-refractivity contribution in [2.24, 2.45) is 0 Å². The number of rotatable bonds is 5. The fourth-order valence-electron chi connectivity index (χ4n) is 0.488. The molecule has 0 aliphatic heterocycles. The largest absolute Gasteiger partial charge is 0.377 e. The van der Waals surface area contributed by atoms with Crippen molar-refractivity contribution in [3.05, 3.63) is 12.2 Å². The van der Waals surface area contributed by atoms with Crippen molar-refractivity contribution >= 4 is 0 Å². The van der Waals surface area contributed by atoms with Crippen LogP contribution in [-0.2, 0) is 4.74 Å². The third kappa shape index (κ3) is 7.70. The molecule has 0 spiro atoms. The van der Waals surface area contributed by atoms with Gasteiger partial charge in [0.2, 0.25) is 0 Å². The van der Waals surface area contributed by atoms with E-state index in [0.29, 0.717) is 13.5 Å². The molecule has 0 aliphatic rings. The van der Waals surface area contributed by atoms with Crippen molar-refractivity contribution in [3.8, 4) is 0 Å². The van der Waals surface area contributed by atoms with Gasteiger partial charge in [-0.1, -0.05) is 26.0 Å². The van der Waals surface area contributed by atoms with Crippen molar-refractivity contribution in [3.63, 3.8) is 0 Å². The average molecular weight is 129 g/mol. The summed E-state index contributed by atoms with van der Waals surface area (Å²) >= 11 is 0. The minimum absolute atomic E-state index is 0.470. The first-order chi connectivity index (χ1) is 4.91. The second-order valence-electron chi connectivity index (χ2n) is 1.81. The summed E-state index contributed by atoms with van der Waals surface area (Å²) < 4.78 is 12.0. The SMILES string of the molecule is [2H]CCCOC/C=C\CC.